The molecule has 2 rings (SSSR count). The maximum atomic E-state index is 11.5. The fourth-order valence-corrected chi connectivity index (χ4v) is 3.30. The first-order valence-electron chi connectivity index (χ1n) is 8.33. The van der Waals surface area contributed by atoms with Crippen molar-refractivity contribution in [3.05, 3.63) is 35.9 Å². The molecular weight excluding hydrogens is 348 g/mol. The Morgan fingerprint density at radius 1 is 1.16 bits per heavy atom. The Bertz CT molecular complexity index is 599. The molecule has 0 amide bonds. The first-order chi connectivity index (χ1) is 11.9. The van der Waals surface area contributed by atoms with E-state index in [0.29, 0.717) is 19.8 Å². The minimum Gasteiger partial charge on any atom is -0.368 e. The van der Waals surface area contributed by atoms with E-state index in [4.69, 9.17) is 23.1 Å². The van der Waals surface area contributed by atoms with Crippen molar-refractivity contribution >= 4 is 10.1 Å². The van der Waals surface area contributed by atoms with Crippen molar-refractivity contribution in [3.8, 4) is 0 Å². The predicted molar refractivity (Wildman–Crippen MR) is 91.5 cm³/mol. The molecule has 1 aromatic carbocycles. The fourth-order valence-electron chi connectivity index (χ4n) is 2.68. The summed E-state index contributed by atoms with van der Waals surface area (Å²) in [5.41, 5.74) is 0.968. The molecule has 0 saturated carbocycles. The molecule has 0 aromatic heterocycles. The highest BCUT2D eigenvalue weighted by Crippen LogP contribution is 2.27. The number of benzene rings is 1. The summed E-state index contributed by atoms with van der Waals surface area (Å²) < 4.78 is 51.1. The second-order valence-electron chi connectivity index (χ2n) is 5.68. The van der Waals surface area contributed by atoms with Gasteiger partial charge in [-0.2, -0.15) is 8.42 Å². The van der Waals surface area contributed by atoms with E-state index in [9.17, 15) is 8.42 Å². The normalized spacial score (nSPS) is 24.1. The molecule has 1 aliphatic heterocycles. The van der Waals surface area contributed by atoms with E-state index in [2.05, 4.69) is 0 Å². The first-order valence-corrected chi connectivity index (χ1v) is 10.1. The van der Waals surface area contributed by atoms with E-state index in [1.807, 2.05) is 44.2 Å². The molecule has 1 aliphatic rings. The van der Waals surface area contributed by atoms with Crippen molar-refractivity contribution in [1.82, 2.24) is 0 Å². The zero-order valence-electron chi connectivity index (χ0n) is 14.8. The maximum absolute atomic E-state index is 11.5. The van der Waals surface area contributed by atoms with Crippen LogP contribution in [0.15, 0.2) is 30.3 Å². The van der Waals surface area contributed by atoms with Gasteiger partial charge in [0.05, 0.1) is 19.5 Å². The van der Waals surface area contributed by atoms with Gasteiger partial charge in [0.1, 0.15) is 18.3 Å². The second kappa shape index (κ2) is 9.61. The molecule has 8 heteroatoms. The van der Waals surface area contributed by atoms with E-state index >= 15 is 0 Å². The smallest absolute Gasteiger partial charge is 0.264 e. The number of hydrogen-bond donors (Lipinski definition) is 0. The summed E-state index contributed by atoms with van der Waals surface area (Å²) in [5.74, 6) is 0. The van der Waals surface area contributed by atoms with Crippen LogP contribution in [0.5, 0.6) is 0 Å². The van der Waals surface area contributed by atoms with Gasteiger partial charge in [0.25, 0.3) is 10.1 Å². The lowest BCUT2D eigenvalue weighted by atomic mass is 10.1. The van der Waals surface area contributed by atoms with Crippen LogP contribution in [0, 0.1) is 0 Å². The largest absolute Gasteiger partial charge is 0.368 e. The zero-order valence-corrected chi connectivity index (χ0v) is 15.6. The van der Waals surface area contributed by atoms with Crippen molar-refractivity contribution in [2.24, 2.45) is 0 Å². The maximum Gasteiger partial charge on any atom is 0.264 e. The van der Waals surface area contributed by atoms with Gasteiger partial charge < -0.3 is 18.9 Å². The highest BCUT2D eigenvalue weighted by Gasteiger charge is 2.45. The number of ether oxygens (including phenoxy) is 4. The minimum absolute atomic E-state index is 0.0911. The van der Waals surface area contributed by atoms with Gasteiger partial charge in [-0.3, -0.25) is 4.18 Å². The van der Waals surface area contributed by atoms with Crippen LogP contribution in [0.2, 0.25) is 0 Å². The van der Waals surface area contributed by atoms with Crippen molar-refractivity contribution in [3.63, 3.8) is 0 Å². The molecule has 7 nitrogen and oxygen atoms in total. The third-order valence-electron chi connectivity index (χ3n) is 3.66. The van der Waals surface area contributed by atoms with Crippen molar-refractivity contribution < 1.29 is 31.5 Å². The van der Waals surface area contributed by atoms with Gasteiger partial charge in [0.15, 0.2) is 6.29 Å². The van der Waals surface area contributed by atoms with Crippen molar-refractivity contribution in [2.45, 2.75) is 45.1 Å². The Balaban J connectivity index is 2.13. The zero-order chi connectivity index (χ0) is 18.3. The Hall–Kier alpha value is -1.03. The standard InChI is InChI=1S/C17H26O7S/c1-4-20-17(21-5-2)16-15(14(12-23-16)24-25(3,18)19)22-11-13-9-7-6-8-10-13/h6-10,14-17H,4-5,11-12H2,1-3H3/t14-,15+,16-/m1/s1. The van der Waals surface area contributed by atoms with Gasteiger partial charge in [-0.1, -0.05) is 30.3 Å². The molecule has 1 fully saturated rings. The van der Waals surface area contributed by atoms with Gasteiger partial charge in [-0.05, 0) is 19.4 Å². The number of rotatable bonds is 10. The summed E-state index contributed by atoms with van der Waals surface area (Å²) in [4.78, 5) is 0. The molecule has 25 heavy (non-hydrogen) atoms. The Kier molecular flexibility index (Phi) is 7.80. The van der Waals surface area contributed by atoms with Crippen molar-refractivity contribution in [2.75, 3.05) is 26.1 Å². The molecule has 1 heterocycles. The molecule has 0 radical (unpaired) electrons. The van der Waals surface area contributed by atoms with E-state index in [1.54, 1.807) is 0 Å². The molecule has 0 bridgehead atoms. The second-order valence-corrected chi connectivity index (χ2v) is 7.28. The van der Waals surface area contributed by atoms with Crippen LogP contribution in [-0.4, -0.2) is 59.1 Å². The molecular formula is C17H26O7S. The summed E-state index contributed by atoms with van der Waals surface area (Å²) in [6.45, 7) is 4.98. The van der Waals surface area contributed by atoms with Gasteiger partial charge in [-0.25, -0.2) is 0 Å². The average molecular weight is 374 g/mol. The predicted octanol–water partition coefficient (Wildman–Crippen LogP) is 1.71. The molecule has 1 aromatic rings. The van der Waals surface area contributed by atoms with Crippen LogP contribution in [0.4, 0.5) is 0 Å². The van der Waals surface area contributed by atoms with Crippen LogP contribution in [0.1, 0.15) is 19.4 Å². The fraction of sp³-hybridized carbons (Fsp3) is 0.647. The van der Waals surface area contributed by atoms with E-state index in [-0.39, 0.29) is 6.61 Å². The van der Waals surface area contributed by atoms with Crippen LogP contribution >= 0.6 is 0 Å². The van der Waals surface area contributed by atoms with Crippen molar-refractivity contribution in [1.29, 1.82) is 0 Å². The molecule has 0 N–H and O–H groups in total. The SMILES string of the molecule is CCOC(OCC)[C@@H]1OC[C@@H](OS(C)(=O)=O)[C@@H]1OCc1ccccc1. The van der Waals surface area contributed by atoms with E-state index < -0.39 is 34.7 Å². The van der Waals surface area contributed by atoms with Crippen LogP contribution in [-0.2, 0) is 39.9 Å². The van der Waals surface area contributed by atoms with Gasteiger partial charge in [0.2, 0.25) is 0 Å². The Labute approximate surface area is 149 Å². The first kappa shape index (κ1) is 20.3. The molecule has 1 saturated heterocycles. The quantitative estimate of drug-likeness (QED) is 0.456. The lowest BCUT2D eigenvalue weighted by Gasteiger charge is -2.28. The van der Waals surface area contributed by atoms with E-state index in [0.717, 1.165) is 11.8 Å². The molecule has 0 spiro atoms. The molecule has 3 atom stereocenters. The summed E-state index contributed by atoms with van der Waals surface area (Å²) in [7, 11) is -3.64. The van der Waals surface area contributed by atoms with Crippen LogP contribution in [0.3, 0.4) is 0 Å². The Morgan fingerprint density at radius 3 is 2.36 bits per heavy atom. The lowest BCUT2D eigenvalue weighted by molar-refractivity contribution is -0.213. The van der Waals surface area contributed by atoms with Crippen LogP contribution in [0.25, 0.3) is 0 Å². The summed E-state index contributed by atoms with van der Waals surface area (Å²) >= 11 is 0. The monoisotopic (exact) mass is 374 g/mol. The lowest BCUT2D eigenvalue weighted by Crippen LogP contribution is -2.44. The summed E-state index contributed by atoms with van der Waals surface area (Å²) in [6, 6.07) is 9.60. The molecule has 0 aliphatic carbocycles. The summed E-state index contributed by atoms with van der Waals surface area (Å²) in [6.07, 6.45) is -1.58. The molecule has 0 unspecified atom stereocenters. The highest BCUT2D eigenvalue weighted by atomic mass is 32.2. The number of hydrogen-bond acceptors (Lipinski definition) is 7. The minimum atomic E-state index is -3.64. The topological polar surface area (TPSA) is 80.3 Å². The van der Waals surface area contributed by atoms with Gasteiger partial charge >= 0.3 is 0 Å². The highest BCUT2D eigenvalue weighted by molar-refractivity contribution is 7.86. The summed E-state index contributed by atoms with van der Waals surface area (Å²) in [5, 5.41) is 0. The van der Waals surface area contributed by atoms with Gasteiger partial charge in [-0.15, -0.1) is 0 Å². The Morgan fingerprint density at radius 2 is 1.80 bits per heavy atom. The molecule has 142 valence electrons. The van der Waals surface area contributed by atoms with Gasteiger partial charge in [0, 0.05) is 13.2 Å². The van der Waals surface area contributed by atoms with Crippen LogP contribution < -0.4 is 0 Å². The third kappa shape index (κ3) is 6.32. The third-order valence-corrected chi connectivity index (χ3v) is 4.25. The average Bonchev–Trinajstić information content (AvgIpc) is 2.94. The van der Waals surface area contributed by atoms with E-state index in [1.165, 1.54) is 0 Å².